The second-order valence-corrected chi connectivity index (χ2v) is 5.64. The predicted molar refractivity (Wildman–Crippen MR) is 70.2 cm³/mol. The molecule has 2 fully saturated rings. The van der Waals surface area contributed by atoms with Crippen molar-refractivity contribution in [2.45, 2.75) is 32.4 Å². The number of ether oxygens (including phenoxy) is 1. The van der Waals surface area contributed by atoms with Crippen LogP contribution < -0.4 is 5.73 Å². The van der Waals surface area contributed by atoms with Gasteiger partial charge in [0, 0.05) is 32.2 Å². The Hall–Kier alpha value is -0.650. The zero-order chi connectivity index (χ0) is 13.1. The molecule has 2 saturated heterocycles. The van der Waals surface area contributed by atoms with E-state index in [9.17, 15) is 4.79 Å². The van der Waals surface area contributed by atoms with Gasteiger partial charge in [0.05, 0.1) is 19.3 Å². The molecule has 18 heavy (non-hydrogen) atoms. The van der Waals surface area contributed by atoms with Crippen molar-refractivity contribution < 1.29 is 9.53 Å². The average molecular weight is 255 g/mol. The minimum Gasteiger partial charge on any atom is -0.379 e. The first-order valence-electron chi connectivity index (χ1n) is 6.95. The lowest BCUT2D eigenvalue weighted by atomic mass is 10.0. The molecular formula is C13H25N3O2. The van der Waals surface area contributed by atoms with Crippen molar-refractivity contribution in [2.75, 3.05) is 39.4 Å². The Bertz CT molecular complexity index is 290. The third kappa shape index (κ3) is 3.02. The molecule has 0 aromatic rings. The topological polar surface area (TPSA) is 58.8 Å². The van der Waals surface area contributed by atoms with E-state index < -0.39 is 0 Å². The van der Waals surface area contributed by atoms with E-state index in [0.29, 0.717) is 6.04 Å². The smallest absolute Gasteiger partial charge is 0.239 e. The summed E-state index contributed by atoms with van der Waals surface area (Å²) in [5.74, 6) is 0.320. The van der Waals surface area contributed by atoms with Crippen molar-refractivity contribution in [3.8, 4) is 0 Å². The number of morpholine rings is 1. The normalized spacial score (nSPS) is 27.8. The second kappa shape index (κ2) is 5.99. The number of rotatable bonds is 3. The van der Waals surface area contributed by atoms with Gasteiger partial charge in [0.25, 0.3) is 0 Å². The van der Waals surface area contributed by atoms with E-state index in [4.69, 9.17) is 10.5 Å². The van der Waals surface area contributed by atoms with Gasteiger partial charge >= 0.3 is 0 Å². The number of likely N-dealkylation sites (tertiary alicyclic amines) is 1. The molecule has 2 N–H and O–H groups in total. The fraction of sp³-hybridized carbons (Fsp3) is 0.923. The van der Waals surface area contributed by atoms with Gasteiger partial charge in [-0.05, 0) is 12.3 Å². The van der Waals surface area contributed by atoms with Gasteiger partial charge in [-0.25, -0.2) is 0 Å². The predicted octanol–water partition coefficient (Wildman–Crippen LogP) is -0.0972. The summed E-state index contributed by atoms with van der Waals surface area (Å²) in [7, 11) is 0. The summed E-state index contributed by atoms with van der Waals surface area (Å²) in [5, 5.41) is 0. The summed E-state index contributed by atoms with van der Waals surface area (Å²) < 4.78 is 5.36. The highest BCUT2D eigenvalue weighted by Crippen LogP contribution is 2.18. The van der Waals surface area contributed by atoms with E-state index >= 15 is 0 Å². The Morgan fingerprint density at radius 1 is 1.28 bits per heavy atom. The highest BCUT2D eigenvalue weighted by atomic mass is 16.5. The Kier molecular flexibility index (Phi) is 4.59. The molecule has 0 aromatic carbocycles. The monoisotopic (exact) mass is 255 g/mol. The zero-order valence-electron chi connectivity index (χ0n) is 11.5. The van der Waals surface area contributed by atoms with Crippen LogP contribution in [0.15, 0.2) is 0 Å². The molecule has 2 atom stereocenters. The SMILES string of the molecule is CC(C)[C@H](N)C(=O)N1CCC(N2CCOCC2)C1. The second-order valence-electron chi connectivity index (χ2n) is 5.64. The first-order valence-corrected chi connectivity index (χ1v) is 6.95. The molecule has 2 aliphatic rings. The van der Waals surface area contributed by atoms with Crippen LogP contribution in [-0.4, -0.2) is 67.2 Å². The van der Waals surface area contributed by atoms with Crippen molar-refractivity contribution in [1.82, 2.24) is 9.80 Å². The third-order valence-corrected chi connectivity index (χ3v) is 4.04. The summed E-state index contributed by atoms with van der Waals surface area (Å²) >= 11 is 0. The molecule has 0 saturated carbocycles. The Labute approximate surface area is 109 Å². The maximum absolute atomic E-state index is 12.2. The number of carbonyl (C=O) groups is 1. The fourth-order valence-corrected chi connectivity index (χ4v) is 2.68. The van der Waals surface area contributed by atoms with Crippen LogP contribution >= 0.6 is 0 Å². The van der Waals surface area contributed by atoms with E-state index in [1.54, 1.807) is 0 Å². The number of nitrogens with zero attached hydrogens (tertiary/aromatic N) is 2. The quantitative estimate of drug-likeness (QED) is 0.765. The van der Waals surface area contributed by atoms with Crippen molar-refractivity contribution >= 4 is 5.91 Å². The molecule has 1 amide bonds. The molecule has 104 valence electrons. The zero-order valence-corrected chi connectivity index (χ0v) is 11.5. The van der Waals surface area contributed by atoms with Crippen LogP contribution in [0.2, 0.25) is 0 Å². The van der Waals surface area contributed by atoms with Crippen molar-refractivity contribution in [2.24, 2.45) is 11.7 Å². The molecule has 0 bridgehead atoms. The van der Waals surface area contributed by atoms with E-state index in [1.165, 1.54) is 0 Å². The van der Waals surface area contributed by atoms with Gasteiger partial charge in [0.15, 0.2) is 0 Å². The number of amides is 1. The first-order chi connectivity index (χ1) is 8.59. The lowest BCUT2D eigenvalue weighted by Crippen LogP contribution is -2.48. The van der Waals surface area contributed by atoms with Gasteiger partial charge < -0.3 is 15.4 Å². The summed E-state index contributed by atoms with van der Waals surface area (Å²) in [6.45, 7) is 9.29. The minimum atomic E-state index is -0.353. The number of hydrogen-bond acceptors (Lipinski definition) is 4. The van der Waals surface area contributed by atoms with E-state index in [0.717, 1.165) is 45.8 Å². The molecule has 2 rings (SSSR count). The van der Waals surface area contributed by atoms with Gasteiger partial charge in [-0.15, -0.1) is 0 Å². The van der Waals surface area contributed by atoms with Crippen molar-refractivity contribution in [3.63, 3.8) is 0 Å². The first kappa shape index (κ1) is 13.8. The fourth-order valence-electron chi connectivity index (χ4n) is 2.68. The van der Waals surface area contributed by atoms with Crippen LogP contribution in [0.3, 0.4) is 0 Å². The Morgan fingerprint density at radius 3 is 2.56 bits per heavy atom. The van der Waals surface area contributed by atoms with Crippen molar-refractivity contribution in [3.05, 3.63) is 0 Å². The van der Waals surface area contributed by atoms with Gasteiger partial charge in [-0.2, -0.15) is 0 Å². The molecule has 0 radical (unpaired) electrons. The van der Waals surface area contributed by atoms with Crippen LogP contribution in [0.25, 0.3) is 0 Å². The molecule has 0 spiro atoms. The van der Waals surface area contributed by atoms with Gasteiger partial charge in [-0.1, -0.05) is 13.8 Å². The van der Waals surface area contributed by atoms with Gasteiger partial charge in [0.2, 0.25) is 5.91 Å². The van der Waals surface area contributed by atoms with Crippen LogP contribution in [-0.2, 0) is 9.53 Å². The van der Waals surface area contributed by atoms with Crippen LogP contribution in [0.4, 0.5) is 0 Å². The molecule has 5 heteroatoms. The molecule has 1 unspecified atom stereocenters. The lowest BCUT2D eigenvalue weighted by molar-refractivity contribution is -0.132. The lowest BCUT2D eigenvalue weighted by Gasteiger charge is -2.32. The molecule has 2 heterocycles. The molecule has 0 aromatic heterocycles. The summed E-state index contributed by atoms with van der Waals surface area (Å²) in [4.78, 5) is 16.6. The summed E-state index contributed by atoms with van der Waals surface area (Å²) in [6.07, 6.45) is 1.07. The minimum absolute atomic E-state index is 0.112. The maximum atomic E-state index is 12.2. The Morgan fingerprint density at radius 2 is 1.94 bits per heavy atom. The van der Waals surface area contributed by atoms with Crippen LogP contribution in [0.1, 0.15) is 20.3 Å². The van der Waals surface area contributed by atoms with E-state index in [-0.39, 0.29) is 17.9 Å². The number of nitrogens with two attached hydrogens (primary N) is 1. The molecular weight excluding hydrogens is 230 g/mol. The molecule has 5 nitrogen and oxygen atoms in total. The highest BCUT2D eigenvalue weighted by Gasteiger charge is 2.33. The maximum Gasteiger partial charge on any atom is 0.239 e. The van der Waals surface area contributed by atoms with Gasteiger partial charge in [0.1, 0.15) is 0 Å². The van der Waals surface area contributed by atoms with Crippen molar-refractivity contribution in [1.29, 1.82) is 0 Å². The Balaban J connectivity index is 1.85. The average Bonchev–Trinajstić information content (AvgIpc) is 2.87. The third-order valence-electron chi connectivity index (χ3n) is 4.04. The number of hydrogen-bond donors (Lipinski definition) is 1. The molecule has 0 aliphatic carbocycles. The molecule has 2 aliphatic heterocycles. The van der Waals surface area contributed by atoms with E-state index in [1.807, 2.05) is 18.7 Å². The van der Waals surface area contributed by atoms with Crippen LogP contribution in [0.5, 0.6) is 0 Å². The van der Waals surface area contributed by atoms with Gasteiger partial charge in [-0.3, -0.25) is 9.69 Å². The highest BCUT2D eigenvalue weighted by molar-refractivity contribution is 5.82. The number of carbonyl (C=O) groups excluding carboxylic acids is 1. The largest absolute Gasteiger partial charge is 0.379 e. The summed E-state index contributed by atoms with van der Waals surface area (Å²) in [5.41, 5.74) is 5.94. The van der Waals surface area contributed by atoms with E-state index in [2.05, 4.69) is 4.90 Å². The summed E-state index contributed by atoms with van der Waals surface area (Å²) in [6, 6.07) is 0.144. The van der Waals surface area contributed by atoms with Crippen LogP contribution in [0, 0.1) is 5.92 Å². The standard InChI is InChI=1S/C13H25N3O2/c1-10(2)12(14)13(17)16-4-3-11(9-16)15-5-7-18-8-6-15/h10-12H,3-9,14H2,1-2H3/t11?,12-/m0/s1.